The van der Waals surface area contributed by atoms with Gasteiger partial charge in [-0.15, -0.1) is 0 Å². The SMILES string of the molecule is CC[C@@H]1C[C@H](C)CCC=C[C@@H]2C[C@@]2(C(=O)NS(=O)(=O)C2CC2)NC(=O)[C@@H]2C[C@@H](Oc3nc4cc(OC)ncc4nc3C(F)(F)F)CN2C(=O)[C@H]1NC(=O)O. The lowest BCUT2D eigenvalue weighted by Crippen LogP contribution is -2.59. The highest BCUT2D eigenvalue weighted by Crippen LogP contribution is 2.46. The lowest BCUT2D eigenvalue weighted by atomic mass is 9.85. The van der Waals surface area contributed by atoms with Crippen molar-refractivity contribution in [2.75, 3.05) is 13.7 Å². The van der Waals surface area contributed by atoms with E-state index in [1.165, 1.54) is 13.2 Å². The summed E-state index contributed by atoms with van der Waals surface area (Å²) in [5, 5.41) is 14.0. The summed E-state index contributed by atoms with van der Waals surface area (Å²) in [6.45, 7) is 3.29. The van der Waals surface area contributed by atoms with Crippen LogP contribution in [-0.2, 0) is 30.6 Å². The Hall–Kier alpha value is -4.75. The molecule has 2 aromatic rings. The van der Waals surface area contributed by atoms with Crippen molar-refractivity contribution in [2.45, 2.75) is 100 Å². The molecule has 2 aromatic heterocycles. The number of hydrogen-bond acceptors (Lipinski definition) is 11. The van der Waals surface area contributed by atoms with Crippen LogP contribution in [0.25, 0.3) is 11.0 Å². The number of nitrogens with one attached hydrogen (secondary N) is 3. The van der Waals surface area contributed by atoms with Crippen LogP contribution in [0.15, 0.2) is 24.4 Å². The number of alkyl halides is 3. The average Bonchev–Trinajstić information content (AvgIpc) is 4.03. The van der Waals surface area contributed by atoms with E-state index in [9.17, 15) is 45.9 Å². The van der Waals surface area contributed by atoms with Crippen molar-refractivity contribution < 1.29 is 55.3 Å². The molecule has 54 heavy (non-hydrogen) atoms. The maximum Gasteiger partial charge on any atom is 0.438 e. The molecule has 4 aliphatic rings. The molecule has 3 fully saturated rings. The molecule has 0 unspecified atom stereocenters. The summed E-state index contributed by atoms with van der Waals surface area (Å²) in [6.07, 6.45) is -0.723. The van der Waals surface area contributed by atoms with Gasteiger partial charge >= 0.3 is 12.3 Å². The molecule has 0 aromatic carbocycles. The van der Waals surface area contributed by atoms with Gasteiger partial charge in [0.2, 0.25) is 39.3 Å². The van der Waals surface area contributed by atoms with Crippen molar-refractivity contribution in [3.63, 3.8) is 0 Å². The number of carbonyl (C=O) groups excluding carboxylic acids is 3. The molecule has 294 valence electrons. The van der Waals surface area contributed by atoms with Crippen LogP contribution in [-0.4, -0.2) is 99.8 Å². The van der Waals surface area contributed by atoms with E-state index in [0.29, 0.717) is 38.5 Å². The Kier molecular flexibility index (Phi) is 10.7. The van der Waals surface area contributed by atoms with Crippen LogP contribution in [0.1, 0.15) is 70.9 Å². The highest BCUT2D eigenvalue weighted by Gasteiger charge is 2.62. The zero-order chi connectivity index (χ0) is 39.2. The van der Waals surface area contributed by atoms with Gasteiger partial charge in [-0.25, -0.2) is 28.2 Å². The molecular formula is C34H42F3N7O9S. The fraction of sp³-hybridized carbons (Fsp3) is 0.618. The van der Waals surface area contributed by atoms with Crippen molar-refractivity contribution in [1.82, 2.24) is 35.2 Å². The molecule has 0 radical (unpaired) electrons. The number of ether oxygens (including phenoxy) is 2. The van der Waals surface area contributed by atoms with Gasteiger partial charge in [0.15, 0.2) is 0 Å². The normalized spacial score (nSPS) is 29.3. The van der Waals surface area contributed by atoms with Crippen LogP contribution < -0.4 is 24.8 Å². The van der Waals surface area contributed by atoms with Gasteiger partial charge in [-0.1, -0.05) is 32.4 Å². The number of fused-ring (bicyclic) bond motifs is 3. The highest BCUT2D eigenvalue weighted by molar-refractivity contribution is 7.91. The number of pyridine rings is 1. The van der Waals surface area contributed by atoms with Gasteiger partial charge in [0.25, 0.3) is 5.91 Å². The van der Waals surface area contributed by atoms with Gasteiger partial charge in [0, 0.05) is 18.4 Å². The number of allylic oxidation sites excluding steroid dienone is 1. The predicted molar refractivity (Wildman–Crippen MR) is 183 cm³/mol. The minimum Gasteiger partial charge on any atom is -0.481 e. The van der Waals surface area contributed by atoms with E-state index < -0.39 is 98.9 Å². The third-order valence-electron chi connectivity index (χ3n) is 10.5. The smallest absolute Gasteiger partial charge is 0.438 e. The van der Waals surface area contributed by atoms with Crippen molar-refractivity contribution in [3.05, 3.63) is 30.1 Å². The lowest BCUT2D eigenvalue weighted by molar-refractivity contribution is -0.143. The molecule has 0 bridgehead atoms. The predicted octanol–water partition coefficient (Wildman–Crippen LogP) is 2.92. The summed E-state index contributed by atoms with van der Waals surface area (Å²) in [4.78, 5) is 67.0. The second kappa shape index (κ2) is 14.8. The van der Waals surface area contributed by atoms with Crippen molar-refractivity contribution in [1.29, 1.82) is 0 Å². The van der Waals surface area contributed by atoms with Crippen LogP contribution in [0, 0.1) is 17.8 Å². The first-order valence-electron chi connectivity index (χ1n) is 17.8. The number of carboxylic acid groups (broad SMARTS) is 1. The fourth-order valence-electron chi connectivity index (χ4n) is 7.31. The van der Waals surface area contributed by atoms with Gasteiger partial charge < -0.3 is 30.1 Å². The molecule has 20 heteroatoms. The summed E-state index contributed by atoms with van der Waals surface area (Å²) in [5.41, 5.74) is -3.42. The Labute approximate surface area is 308 Å². The summed E-state index contributed by atoms with van der Waals surface area (Å²) in [5.74, 6) is -4.64. The summed E-state index contributed by atoms with van der Waals surface area (Å²) in [6, 6.07) is -1.55. The van der Waals surface area contributed by atoms with Gasteiger partial charge in [-0.2, -0.15) is 13.2 Å². The van der Waals surface area contributed by atoms with Crippen molar-refractivity contribution >= 4 is 44.9 Å². The topological polar surface area (TPSA) is 219 Å². The van der Waals surface area contributed by atoms with E-state index >= 15 is 0 Å². The zero-order valence-electron chi connectivity index (χ0n) is 29.8. The van der Waals surface area contributed by atoms with Gasteiger partial charge in [0.1, 0.15) is 29.2 Å². The Balaban J connectivity index is 1.38. The maximum atomic E-state index is 14.4. The molecule has 0 spiro atoms. The number of halogens is 3. The summed E-state index contributed by atoms with van der Waals surface area (Å²) >= 11 is 0. The quantitative estimate of drug-likeness (QED) is 0.284. The minimum absolute atomic E-state index is 0.0119. The number of amides is 4. The standard InChI is InChI=1S/C34H42F3N7O9S/c1-4-18-11-17(2)7-5-6-8-19-14-33(19,31(47)43-54(50,51)21-9-10-21)42-28(45)24-12-20(16-44(24)30(46)26(18)41-32(48)49)53-29-27(34(35,36)37)39-23-15-38-25(52-3)13-22(23)40-29/h6,8,13,15,17-21,24,26,41H,4-5,7,9-12,14,16H2,1-3H3,(H,42,45)(H,43,47)(H,48,49)/t17-,18-,19-,20-,24+,26+,33-/m1/s1. The Morgan fingerprint density at radius 2 is 1.89 bits per heavy atom. The second-order valence-corrected chi connectivity index (χ2v) is 16.4. The van der Waals surface area contributed by atoms with E-state index in [0.717, 1.165) is 11.1 Å². The first-order chi connectivity index (χ1) is 25.4. The first-order valence-corrected chi connectivity index (χ1v) is 19.3. The fourth-order valence-corrected chi connectivity index (χ4v) is 8.67. The minimum atomic E-state index is -5.04. The number of carbonyl (C=O) groups is 4. The Morgan fingerprint density at radius 1 is 1.15 bits per heavy atom. The van der Waals surface area contributed by atoms with E-state index in [-0.39, 0.29) is 35.7 Å². The van der Waals surface area contributed by atoms with Crippen LogP contribution >= 0.6 is 0 Å². The molecule has 7 atom stereocenters. The van der Waals surface area contributed by atoms with Crippen LogP contribution in [0.5, 0.6) is 11.8 Å². The van der Waals surface area contributed by atoms with Gasteiger partial charge in [0.05, 0.1) is 30.6 Å². The highest BCUT2D eigenvalue weighted by atomic mass is 32.2. The van der Waals surface area contributed by atoms with Crippen LogP contribution in [0.4, 0.5) is 18.0 Å². The van der Waals surface area contributed by atoms with E-state index in [1.54, 1.807) is 13.0 Å². The summed E-state index contributed by atoms with van der Waals surface area (Å²) in [7, 11) is -2.71. The number of sulfonamides is 1. The molecule has 2 saturated carbocycles. The maximum absolute atomic E-state index is 14.4. The molecule has 2 aliphatic heterocycles. The molecule has 4 heterocycles. The van der Waals surface area contributed by atoms with Crippen molar-refractivity contribution in [3.8, 4) is 11.8 Å². The van der Waals surface area contributed by atoms with Crippen LogP contribution in [0.3, 0.4) is 0 Å². The Morgan fingerprint density at radius 3 is 2.54 bits per heavy atom. The zero-order valence-corrected chi connectivity index (χ0v) is 30.6. The molecule has 4 N–H and O–H groups in total. The third-order valence-corrected chi connectivity index (χ3v) is 12.3. The lowest BCUT2D eigenvalue weighted by Gasteiger charge is -2.33. The van der Waals surface area contributed by atoms with Gasteiger partial charge in [-0.3, -0.25) is 19.1 Å². The molecule has 16 nitrogen and oxygen atoms in total. The number of hydrogen-bond donors (Lipinski definition) is 4. The van der Waals surface area contributed by atoms with Crippen LogP contribution in [0.2, 0.25) is 0 Å². The van der Waals surface area contributed by atoms with E-state index in [2.05, 4.69) is 30.3 Å². The second-order valence-electron chi connectivity index (χ2n) is 14.5. The molecular weight excluding hydrogens is 739 g/mol. The average molecular weight is 782 g/mol. The number of aromatic nitrogens is 3. The van der Waals surface area contributed by atoms with E-state index in [1.807, 2.05) is 13.0 Å². The van der Waals surface area contributed by atoms with E-state index in [4.69, 9.17) is 9.47 Å². The Bertz CT molecular complexity index is 1960. The van der Waals surface area contributed by atoms with Crippen molar-refractivity contribution in [2.24, 2.45) is 17.8 Å². The third kappa shape index (κ3) is 8.17. The first kappa shape index (κ1) is 39.0. The van der Waals surface area contributed by atoms with Gasteiger partial charge in [-0.05, 0) is 50.4 Å². The molecule has 1 saturated heterocycles. The number of methoxy groups -OCH3 is 1. The monoisotopic (exact) mass is 781 g/mol. The number of nitrogens with zero attached hydrogens (tertiary/aromatic N) is 4. The summed E-state index contributed by atoms with van der Waals surface area (Å²) < 4.78 is 81.4. The number of rotatable bonds is 8. The largest absolute Gasteiger partial charge is 0.481 e. The molecule has 4 amide bonds. The molecule has 6 rings (SSSR count). The molecule has 2 aliphatic carbocycles.